The summed E-state index contributed by atoms with van der Waals surface area (Å²) in [5, 5.41) is 3.95. The first-order chi connectivity index (χ1) is 15.8. The van der Waals surface area contributed by atoms with E-state index in [0.29, 0.717) is 11.8 Å². The van der Waals surface area contributed by atoms with Gasteiger partial charge in [-0.3, -0.25) is 0 Å². The number of aryl methyl sites for hydroxylation is 4. The van der Waals surface area contributed by atoms with Gasteiger partial charge in [0.25, 0.3) is 0 Å². The Balaban J connectivity index is 1.88. The molecule has 6 rings (SSSR count). The van der Waals surface area contributed by atoms with Crippen molar-refractivity contribution in [1.29, 1.82) is 0 Å². The van der Waals surface area contributed by atoms with Gasteiger partial charge in [0, 0.05) is 23.9 Å². The summed E-state index contributed by atoms with van der Waals surface area (Å²) >= 11 is 0. The third kappa shape index (κ3) is 2.97. The van der Waals surface area contributed by atoms with Gasteiger partial charge in [-0.15, -0.1) is 0 Å². The molecule has 2 aromatic carbocycles. The highest BCUT2D eigenvalue weighted by Gasteiger charge is 2.31. The molecule has 3 aromatic heterocycles. The molecule has 0 radical (unpaired) electrons. The molecular formula is C30H35N2O+. The van der Waals surface area contributed by atoms with Crippen LogP contribution in [-0.4, -0.2) is 4.57 Å². The van der Waals surface area contributed by atoms with Crippen molar-refractivity contribution in [3.05, 3.63) is 52.7 Å². The number of nitrogens with zero attached hydrogens (tertiary/aromatic N) is 2. The van der Waals surface area contributed by atoms with Crippen LogP contribution in [0.1, 0.15) is 67.7 Å². The number of aromatic nitrogens is 2. The normalized spacial score (nSPS) is 15.4. The largest absolute Gasteiger partial charge is 0.454 e. The molecule has 33 heavy (non-hydrogen) atoms. The third-order valence-electron chi connectivity index (χ3n) is 8.10. The van der Waals surface area contributed by atoms with Crippen LogP contribution >= 0.6 is 0 Å². The fourth-order valence-corrected chi connectivity index (χ4v) is 6.48. The van der Waals surface area contributed by atoms with Crippen LogP contribution in [-0.2, 0) is 20.5 Å². The summed E-state index contributed by atoms with van der Waals surface area (Å²) in [5.74, 6) is 1.18. The van der Waals surface area contributed by atoms with Crippen LogP contribution in [0.3, 0.4) is 0 Å². The van der Waals surface area contributed by atoms with E-state index in [9.17, 15) is 0 Å². The molecule has 0 spiro atoms. The van der Waals surface area contributed by atoms with Crippen LogP contribution in [0.2, 0.25) is 0 Å². The highest BCUT2D eigenvalue weighted by molar-refractivity contribution is 6.20. The summed E-state index contributed by atoms with van der Waals surface area (Å²) in [6.45, 7) is 9.13. The standard InChI is InChI=1S/C30H35N2O/c1-17(2)13-20-15-22-14-18(3)19(4)25-26(22)24(16-20)33-30-27(21-9-7-8-10-21)28-23(11-12-31(28)5)32(6)29(25)30/h11-12,14-17,21H,7-10,13H2,1-6H3/q+1. The van der Waals surface area contributed by atoms with Crippen molar-refractivity contribution < 1.29 is 8.98 Å². The molecule has 1 aliphatic carbocycles. The van der Waals surface area contributed by atoms with Crippen LogP contribution in [0.5, 0.6) is 0 Å². The summed E-state index contributed by atoms with van der Waals surface area (Å²) < 4.78 is 11.7. The Morgan fingerprint density at radius 1 is 1.09 bits per heavy atom. The lowest BCUT2D eigenvalue weighted by atomic mass is 9.90. The van der Waals surface area contributed by atoms with Gasteiger partial charge in [0.1, 0.15) is 18.1 Å². The summed E-state index contributed by atoms with van der Waals surface area (Å²) in [4.78, 5) is 0. The molecule has 0 amide bonds. The van der Waals surface area contributed by atoms with E-state index in [2.05, 4.69) is 81.4 Å². The average molecular weight is 440 g/mol. The van der Waals surface area contributed by atoms with Crippen molar-refractivity contribution in [2.75, 3.05) is 0 Å². The highest BCUT2D eigenvalue weighted by atomic mass is 16.3. The van der Waals surface area contributed by atoms with E-state index < -0.39 is 0 Å². The minimum Gasteiger partial charge on any atom is -0.454 e. The molecule has 0 saturated heterocycles. The van der Waals surface area contributed by atoms with Crippen LogP contribution in [0.4, 0.5) is 0 Å². The zero-order valence-electron chi connectivity index (χ0n) is 20.9. The molecule has 0 aliphatic heterocycles. The molecule has 5 aromatic rings. The molecule has 1 saturated carbocycles. The van der Waals surface area contributed by atoms with E-state index in [1.54, 1.807) is 0 Å². The third-order valence-corrected chi connectivity index (χ3v) is 8.10. The zero-order chi connectivity index (χ0) is 23.0. The first kappa shape index (κ1) is 20.8. The van der Waals surface area contributed by atoms with Crippen molar-refractivity contribution in [2.45, 2.75) is 65.7 Å². The second kappa shape index (κ2) is 7.35. The Hall–Kier alpha value is -2.81. The van der Waals surface area contributed by atoms with Gasteiger partial charge in [-0.05, 0) is 73.1 Å². The van der Waals surface area contributed by atoms with Crippen molar-refractivity contribution >= 4 is 43.9 Å². The topological polar surface area (TPSA) is 21.9 Å². The Bertz CT molecular complexity index is 1560. The molecule has 3 heterocycles. The maximum absolute atomic E-state index is 6.99. The maximum atomic E-state index is 6.99. The zero-order valence-corrected chi connectivity index (χ0v) is 20.9. The lowest BCUT2D eigenvalue weighted by Gasteiger charge is -2.20. The molecule has 170 valence electrons. The van der Waals surface area contributed by atoms with Gasteiger partial charge in [0.15, 0.2) is 11.8 Å². The van der Waals surface area contributed by atoms with Gasteiger partial charge < -0.3 is 8.98 Å². The van der Waals surface area contributed by atoms with Crippen LogP contribution in [0.15, 0.2) is 34.9 Å². The quantitative estimate of drug-likeness (QED) is 0.162. The molecule has 0 N–H and O–H groups in total. The predicted molar refractivity (Wildman–Crippen MR) is 138 cm³/mol. The number of hydrogen-bond acceptors (Lipinski definition) is 1. The smallest absolute Gasteiger partial charge is 0.236 e. The monoisotopic (exact) mass is 439 g/mol. The Kier molecular flexibility index (Phi) is 4.62. The summed E-state index contributed by atoms with van der Waals surface area (Å²) in [7, 11) is 4.40. The fraction of sp³-hybridized carbons (Fsp3) is 0.433. The summed E-state index contributed by atoms with van der Waals surface area (Å²) in [6, 6.07) is 9.34. The van der Waals surface area contributed by atoms with Gasteiger partial charge in [0.2, 0.25) is 5.52 Å². The van der Waals surface area contributed by atoms with E-state index in [1.165, 1.54) is 80.6 Å². The number of hydrogen-bond donors (Lipinski definition) is 0. The summed E-state index contributed by atoms with van der Waals surface area (Å²) in [6.07, 6.45) is 8.42. The van der Waals surface area contributed by atoms with Gasteiger partial charge in [-0.1, -0.05) is 38.8 Å². The fourth-order valence-electron chi connectivity index (χ4n) is 6.48. The Labute approximate surface area is 196 Å². The van der Waals surface area contributed by atoms with Crippen LogP contribution in [0.25, 0.3) is 43.9 Å². The van der Waals surface area contributed by atoms with Gasteiger partial charge >= 0.3 is 0 Å². The SMILES string of the molecule is Cc1cc2cc(CC(C)C)cc3oc4c(C5CCCC5)c5c(cc[n+]5C)n(C)c4c(c1C)c23. The first-order valence-corrected chi connectivity index (χ1v) is 12.6. The van der Waals surface area contributed by atoms with Crippen molar-refractivity contribution in [3.8, 4) is 0 Å². The van der Waals surface area contributed by atoms with E-state index in [0.717, 1.165) is 17.6 Å². The van der Waals surface area contributed by atoms with Gasteiger partial charge in [-0.2, -0.15) is 4.57 Å². The van der Waals surface area contributed by atoms with Gasteiger partial charge in [-0.25, -0.2) is 0 Å². The minimum absolute atomic E-state index is 0.567. The average Bonchev–Trinajstić information content (AvgIpc) is 3.42. The lowest BCUT2D eigenvalue weighted by Crippen LogP contribution is -2.27. The first-order valence-electron chi connectivity index (χ1n) is 12.6. The molecular weight excluding hydrogens is 404 g/mol. The molecule has 0 unspecified atom stereocenters. The second-order valence-corrected chi connectivity index (χ2v) is 10.9. The Morgan fingerprint density at radius 3 is 2.58 bits per heavy atom. The lowest BCUT2D eigenvalue weighted by molar-refractivity contribution is -0.642. The van der Waals surface area contributed by atoms with Crippen molar-refractivity contribution in [1.82, 2.24) is 4.57 Å². The molecule has 1 aliphatic rings. The second-order valence-electron chi connectivity index (χ2n) is 10.9. The van der Waals surface area contributed by atoms with Crippen molar-refractivity contribution in [2.24, 2.45) is 20.0 Å². The molecule has 3 heteroatoms. The van der Waals surface area contributed by atoms with E-state index in [1.807, 2.05) is 0 Å². The summed E-state index contributed by atoms with van der Waals surface area (Å²) in [5.41, 5.74) is 11.6. The highest BCUT2D eigenvalue weighted by Crippen LogP contribution is 2.45. The molecule has 0 bridgehead atoms. The Morgan fingerprint density at radius 2 is 1.85 bits per heavy atom. The van der Waals surface area contributed by atoms with Crippen LogP contribution < -0.4 is 4.57 Å². The minimum atomic E-state index is 0.567. The molecule has 1 fully saturated rings. The van der Waals surface area contributed by atoms with E-state index >= 15 is 0 Å². The predicted octanol–water partition coefficient (Wildman–Crippen LogP) is 7.53. The number of fused-ring (bicyclic) bond motifs is 3. The number of benzene rings is 2. The maximum Gasteiger partial charge on any atom is 0.236 e. The number of pyridine rings is 1. The van der Waals surface area contributed by atoms with Gasteiger partial charge in [0.05, 0.1) is 11.1 Å². The molecule has 0 atom stereocenters. The molecule has 3 nitrogen and oxygen atoms in total. The van der Waals surface area contributed by atoms with E-state index in [4.69, 9.17) is 4.42 Å². The van der Waals surface area contributed by atoms with Crippen LogP contribution in [0, 0.1) is 19.8 Å². The van der Waals surface area contributed by atoms with E-state index in [-0.39, 0.29) is 0 Å². The van der Waals surface area contributed by atoms with Crippen molar-refractivity contribution in [3.63, 3.8) is 0 Å². The number of rotatable bonds is 3.